The number of carbonyl (C=O) groups excluding carboxylic acids is 2. The molecule has 0 spiro atoms. The zero-order valence-electron chi connectivity index (χ0n) is 16.9. The Hall–Kier alpha value is -2.82. The molecule has 2 atom stereocenters. The summed E-state index contributed by atoms with van der Waals surface area (Å²) >= 11 is 0. The molecular formula is C23H29N3O2. The number of benzene rings is 2. The molecular weight excluding hydrogens is 350 g/mol. The Morgan fingerprint density at radius 1 is 1.14 bits per heavy atom. The number of rotatable bonds is 6. The topological polar surface area (TPSA) is 61.4 Å². The van der Waals surface area contributed by atoms with Crippen molar-refractivity contribution in [1.29, 1.82) is 0 Å². The van der Waals surface area contributed by atoms with Gasteiger partial charge in [-0.2, -0.15) is 0 Å². The van der Waals surface area contributed by atoms with Gasteiger partial charge in [-0.15, -0.1) is 0 Å². The quantitative estimate of drug-likeness (QED) is 0.803. The van der Waals surface area contributed by atoms with Crippen LogP contribution >= 0.6 is 0 Å². The predicted molar refractivity (Wildman–Crippen MR) is 113 cm³/mol. The number of nitrogens with one attached hydrogen (secondary N) is 2. The number of nitrogens with zero attached hydrogens (tertiary/aromatic N) is 1. The summed E-state index contributed by atoms with van der Waals surface area (Å²) in [6.45, 7) is 6.61. The summed E-state index contributed by atoms with van der Waals surface area (Å²) in [5.41, 5.74) is 4.52. The lowest BCUT2D eigenvalue weighted by Crippen LogP contribution is -2.46. The Labute approximate surface area is 167 Å². The number of carbonyl (C=O) groups is 2. The number of hydrogen-bond donors (Lipinski definition) is 2. The number of hydrogen-bond acceptors (Lipinski definition) is 2. The third kappa shape index (κ3) is 5.12. The van der Waals surface area contributed by atoms with Crippen molar-refractivity contribution in [3.05, 3.63) is 65.2 Å². The molecule has 1 fully saturated rings. The smallest absolute Gasteiger partial charge is 0.315 e. The molecule has 0 bridgehead atoms. The zero-order chi connectivity index (χ0) is 20.1. The average molecular weight is 380 g/mol. The largest absolute Gasteiger partial charge is 0.336 e. The molecule has 0 unspecified atom stereocenters. The first-order valence-electron chi connectivity index (χ1n) is 9.91. The first-order valence-corrected chi connectivity index (χ1v) is 9.91. The highest BCUT2D eigenvalue weighted by atomic mass is 16.2. The molecule has 1 heterocycles. The summed E-state index contributed by atoms with van der Waals surface area (Å²) in [7, 11) is 0. The third-order valence-corrected chi connectivity index (χ3v) is 5.35. The van der Waals surface area contributed by atoms with Crippen LogP contribution < -0.4 is 15.5 Å². The molecule has 5 nitrogen and oxygen atoms in total. The van der Waals surface area contributed by atoms with E-state index in [2.05, 4.69) is 29.7 Å². The van der Waals surface area contributed by atoms with Gasteiger partial charge in [0.2, 0.25) is 5.91 Å². The van der Waals surface area contributed by atoms with Crippen molar-refractivity contribution >= 4 is 17.6 Å². The van der Waals surface area contributed by atoms with Crippen LogP contribution in [0.4, 0.5) is 10.5 Å². The van der Waals surface area contributed by atoms with Gasteiger partial charge in [-0.1, -0.05) is 36.4 Å². The van der Waals surface area contributed by atoms with Gasteiger partial charge < -0.3 is 15.5 Å². The van der Waals surface area contributed by atoms with Gasteiger partial charge in [0.1, 0.15) is 0 Å². The van der Waals surface area contributed by atoms with E-state index in [1.54, 1.807) is 4.90 Å². The summed E-state index contributed by atoms with van der Waals surface area (Å²) in [5.74, 6) is 0.0469. The lowest BCUT2D eigenvalue weighted by Gasteiger charge is -2.19. The van der Waals surface area contributed by atoms with Crippen molar-refractivity contribution in [2.24, 2.45) is 0 Å². The maximum atomic E-state index is 12.4. The minimum atomic E-state index is -0.208. The number of anilines is 1. The van der Waals surface area contributed by atoms with Gasteiger partial charge in [-0.3, -0.25) is 4.79 Å². The molecule has 5 heteroatoms. The van der Waals surface area contributed by atoms with Crippen LogP contribution in [-0.4, -0.2) is 30.6 Å². The van der Waals surface area contributed by atoms with E-state index in [9.17, 15) is 9.59 Å². The minimum absolute atomic E-state index is 0.0469. The van der Waals surface area contributed by atoms with E-state index in [4.69, 9.17) is 0 Å². The highest BCUT2D eigenvalue weighted by Crippen LogP contribution is 2.24. The normalized spacial score (nSPS) is 17.5. The molecule has 0 radical (unpaired) electrons. The summed E-state index contributed by atoms with van der Waals surface area (Å²) in [5, 5.41) is 5.93. The molecule has 0 aliphatic carbocycles. The van der Waals surface area contributed by atoms with Crippen molar-refractivity contribution in [3.63, 3.8) is 0 Å². The van der Waals surface area contributed by atoms with Crippen LogP contribution in [0.2, 0.25) is 0 Å². The fourth-order valence-electron chi connectivity index (χ4n) is 3.50. The van der Waals surface area contributed by atoms with E-state index in [0.29, 0.717) is 13.0 Å². The van der Waals surface area contributed by atoms with Gasteiger partial charge in [-0.05, 0) is 62.4 Å². The molecule has 3 amide bonds. The monoisotopic (exact) mass is 379 g/mol. The standard InChI is InChI=1S/C23H29N3O2/c1-16-9-12-21(13-17(16)2)26-15-20(14-22(26)27)25-23(28)24-18(3)10-11-19-7-5-4-6-8-19/h4-9,12-13,18,20H,10-11,14-15H2,1-3H3,(H2,24,25,28)/t18-,20+/m1/s1. The van der Waals surface area contributed by atoms with Crippen LogP contribution in [0.5, 0.6) is 0 Å². The van der Waals surface area contributed by atoms with Gasteiger partial charge >= 0.3 is 6.03 Å². The molecule has 3 rings (SSSR count). The maximum Gasteiger partial charge on any atom is 0.315 e. The van der Waals surface area contributed by atoms with Crippen LogP contribution in [0.1, 0.15) is 36.5 Å². The Morgan fingerprint density at radius 2 is 1.89 bits per heavy atom. The molecule has 148 valence electrons. The van der Waals surface area contributed by atoms with Gasteiger partial charge in [-0.25, -0.2) is 4.79 Å². The Bertz CT molecular complexity index is 835. The van der Waals surface area contributed by atoms with E-state index in [1.165, 1.54) is 11.1 Å². The number of aryl methyl sites for hydroxylation is 3. The van der Waals surface area contributed by atoms with E-state index in [0.717, 1.165) is 24.1 Å². The van der Waals surface area contributed by atoms with Crippen LogP contribution in [0.15, 0.2) is 48.5 Å². The maximum absolute atomic E-state index is 12.4. The minimum Gasteiger partial charge on any atom is -0.336 e. The summed E-state index contributed by atoms with van der Waals surface area (Å²) in [4.78, 5) is 26.5. The molecule has 1 aliphatic heterocycles. The second kappa shape index (κ2) is 8.91. The van der Waals surface area contributed by atoms with Gasteiger partial charge in [0.25, 0.3) is 0 Å². The molecule has 0 aromatic heterocycles. The molecule has 2 aromatic rings. The second-order valence-electron chi connectivity index (χ2n) is 7.72. The Kier molecular flexibility index (Phi) is 6.34. The Balaban J connectivity index is 1.48. The van der Waals surface area contributed by atoms with Crippen molar-refractivity contribution in [1.82, 2.24) is 10.6 Å². The van der Waals surface area contributed by atoms with Crippen LogP contribution in [0.25, 0.3) is 0 Å². The number of amides is 3. The molecule has 0 saturated carbocycles. The van der Waals surface area contributed by atoms with Gasteiger partial charge in [0.05, 0.1) is 6.04 Å². The fraction of sp³-hybridized carbons (Fsp3) is 0.391. The van der Waals surface area contributed by atoms with Crippen molar-refractivity contribution in [3.8, 4) is 0 Å². The highest BCUT2D eigenvalue weighted by Gasteiger charge is 2.31. The van der Waals surface area contributed by atoms with Crippen molar-refractivity contribution in [2.45, 2.75) is 52.1 Å². The molecule has 2 N–H and O–H groups in total. The highest BCUT2D eigenvalue weighted by molar-refractivity contribution is 5.96. The molecule has 2 aromatic carbocycles. The van der Waals surface area contributed by atoms with Crippen LogP contribution in [-0.2, 0) is 11.2 Å². The molecule has 28 heavy (non-hydrogen) atoms. The lowest BCUT2D eigenvalue weighted by molar-refractivity contribution is -0.117. The van der Waals surface area contributed by atoms with Crippen LogP contribution in [0.3, 0.4) is 0 Å². The summed E-state index contributed by atoms with van der Waals surface area (Å²) in [6, 6.07) is 16.0. The first kappa shape index (κ1) is 19.9. The third-order valence-electron chi connectivity index (χ3n) is 5.35. The fourth-order valence-corrected chi connectivity index (χ4v) is 3.50. The lowest BCUT2D eigenvalue weighted by atomic mass is 10.1. The first-order chi connectivity index (χ1) is 13.4. The summed E-state index contributed by atoms with van der Waals surface area (Å²) < 4.78 is 0. The van der Waals surface area contributed by atoms with Gasteiger partial charge in [0.15, 0.2) is 0 Å². The molecule has 1 saturated heterocycles. The predicted octanol–water partition coefficient (Wildman–Crippen LogP) is 3.73. The van der Waals surface area contributed by atoms with Crippen molar-refractivity contribution < 1.29 is 9.59 Å². The molecule has 1 aliphatic rings. The number of urea groups is 1. The van der Waals surface area contributed by atoms with Gasteiger partial charge in [0, 0.05) is 24.7 Å². The van der Waals surface area contributed by atoms with Crippen LogP contribution in [0, 0.1) is 13.8 Å². The van der Waals surface area contributed by atoms with E-state index >= 15 is 0 Å². The zero-order valence-corrected chi connectivity index (χ0v) is 16.9. The van der Waals surface area contributed by atoms with Crippen molar-refractivity contribution in [2.75, 3.05) is 11.4 Å². The van der Waals surface area contributed by atoms with E-state index in [-0.39, 0.29) is 24.0 Å². The SMILES string of the molecule is Cc1ccc(N2C[C@@H](NC(=O)N[C@H](C)CCc3ccccc3)CC2=O)cc1C. The van der Waals surface area contributed by atoms with E-state index < -0.39 is 0 Å². The Morgan fingerprint density at radius 3 is 2.61 bits per heavy atom. The van der Waals surface area contributed by atoms with E-state index in [1.807, 2.05) is 50.2 Å². The average Bonchev–Trinajstić information content (AvgIpc) is 3.03. The summed E-state index contributed by atoms with van der Waals surface area (Å²) in [6.07, 6.45) is 2.12. The second-order valence-corrected chi connectivity index (χ2v) is 7.72.